The van der Waals surface area contributed by atoms with Crippen molar-refractivity contribution < 1.29 is 9.21 Å². The first-order valence-electron chi connectivity index (χ1n) is 9.52. The van der Waals surface area contributed by atoms with Crippen LogP contribution in [-0.2, 0) is 6.54 Å². The van der Waals surface area contributed by atoms with E-state index in [1.54, 1.807) is 11.9 Å². The maximum Gasteiger partial charge on any atom is 0.275 e. The molecule has 0 spiro atoms. The fourth-order valence-corrected chi connectivity index (χ4v) is 3.04. The summed E-state index contributed by atoms with van der Waals surface area (Å²) in [6.07, 6.45) is 5.86. The maximum atomic E-state index is 12.1. The lowest BCUT2D eigenvalue weighted by Crippen LogP contribution is -2.45. The molecule has 0 radical (unpaired) electrons. The van der Waals surface area contributed by atoms with Crippen molar-refractivity contribution >= 4 is 12.0 Å². The van der Waals surface area contributed by atoms with Crippen LogP contribution in [0, 0.1) is 0 Å². The molecule has 1 saturated heterocycles. The molecule has 1 aliphatic heterocycles. The first-order valence-corrected chi connectivity index (χ1v) is 9.52. The van der Waals surface area contributed by atoms with E-state index < -0.39 is 0 Å². The lowest BCUT2D eigenvalue weighted by atomic mass is 10.2. The van der Waals surface area contributed by atoms with Gasteiger partial charge in [0, 0.05) is 46.3 Å². The minimum atomic E-state index is -0.0949. The summed E-state index contributed by atoms with van der Waals surface area (Å²) >= 11 is 0. The molecule has 2 heterocycles. The predicted octanol–water partition coefficient (Wildman–Crippen LogP) is 2.60. The van der Waals surface area contributed by atoms with E-state index in [0.717, 1.165) is 32.7 Å². The summed E-state index contributed by atoms with van der Waals surface area (Å²) < 4.78 is 5.50. The van der Waals surface area contributed by atoms with E-state index in [2.05, 4.69) is 51.2 Å². The summed E-state index contributed by atoms with van der Waals surface area (Å²) in [5.74, 6) is 0.516. The fourth-order valence-electron chi connectivity index (χ4n) is 3.04. The van der Waals surface area contributed by atoms with Gasteiger partial charge in [-0.3, -0.25) is 14.6 Å². The molecule has 1 aromatic heterocycles. The first kappa shape index (κ1) is 19.3. The van der Waals surface area contributed by atoms with E-state index in [9.17, 15) is 4.79 Å². The fraction of sp³-hybridized carbons (Fsp3) is 0.429. The molecule has 6 heteroatoms. The molecule has 3 rings (SSSR count). The number of carbonyl (C=O) groups excluding carboxylic acids is 1. The van der Waals surface area contributed by atoms with Gasteiger partial charge in [0.25, 0.3) is 5.91 Å². The number of oxazole rings is 1. The average Bonchev–Trinajstić information content (AvgIpc) is 3.17. The molecular weight excluding hydrogens is 340 g/mol. The largest absolute Gasteiger partial charge is 0.447 e. The van der Waals surface area contributed by atoms with Crippen molar-refractivity contribution in [2.24, 2.45) is 0 Å². The Morgan fingerprint density at radius 1 is 1.19 bits per heavy atom. The quantitative estimate of drug-likeness (QED) is 0.752. The predicted molar refractivity (Wildman–Crippen MR) is 106 cm³/mol. The second-order valence-electron chi connectivity index (χ2n) is 6.84. The highest BCUT2D eigenvalue weighted by Gasteiger charge is 2.20. The van der Waals surface area contributed by atoms with Gasteiger partial charge in [0.05, 0.1) is 6.54 Å². The molecule has 1 aromatic carbocycles. The molecule has 0 saturated carbocycles. The molecule has 144 valence electrons. The summed E-state index contributed by atoms with van der Waals surface area (Å²) in [6.45, 7) is 8.18. The number of aromatic nitrogens is 1. The lowest BCUT2D eigenvalue weighted by molar-refractivity contribution is 0.0796. The third-order valence-corrected chi connectivity index (χ3v) is 4.89. The van der Waals surface area contributed by atoms with Gasteiger partial charge in [0.15, 0.2) is 5.69 Å². The SMILES string of the molecule is CCN(C)C(=O)c1coc(CN2CCN(C/C=C/c3ccccc3)CC2)n1. The van der Waals surface area contributed by atoms with E-state index in [4.69, 9.17) is 4.42 Å². The highest BCUT2D eigenvalue weighted by atomic mass is 16.3. The van der Waals surface area contributed by atoms with Gasteiger partial charge in [-0.15, -0.1) is 0 Å². The Bertz CT molecular complexity index is 749. The van der Waals surface area contributed by atoms with E-state index >= 15 is 0 Å². The number of nitrogens with zero attached hydrogens (tertiary/aromatic N) is 4. The highest BCUT2D eigenvalue weighted by Crippen LogP contribution is 2.11. The number of benzene rings is 1. The van der Waals surface area contributed by atoms with Crippen molar-refractivity contribution in [3.05, 3.63) is 59.8 Å². The Morgan fingerprint density at radius 3 is 2.59 bits per heavy atom. The number of piperazine rings is 1. The normalized spacial score (nSPS) is 16.1. The Labute approximate surface area is 161 Å². The number of carbonyl (C=O) groups is 1. The van der Waals surface area contributed by atoms with Gasteiger partial charge in [-0.05, 0) is 12.5 Å². The molecule has 0 bridgehead atoms. The van der Waals surface area contributed by atoms with Crippen LogP contribution in [0.1, 0.15) is 28.9 Å². The zero-order valence-corrected chi connectivity index (χ0v) is 16.2. The monoisotopic (exact) mass is 368 g/mol. The van der Waals surface area contributed by atoms with Crippen LogP contribution in [0.2, 0.25) is 0 Å². The molecule has 1 fully saturated rings. The molecule has 0 aliphatic carbocycles. The van der Waals surface area contributed by atoms with Crippen LogP contribution in [-0.4, -0.2) is 71.9 Å². The molecule has 2 aromatic rings. The van der Waals surface area contributed by atoms with Crippen molar-refractivity contribution in [2.45, 2.75) is 13.5 Å². The lowest BCUT2D eigenvalue weighted by Gasteiger charge is -2.33. The Kier molecular flexibility index (Phi) is 6.79. The van der Waals surface area contributed by atoms with Crippen molar-refractivity contribution in [2.75, 3.05) is 46.3 Å². The van der Waals surface area contributed by atoms with Gasteiger partial charge >= 0.3 is 0 Å². The van der Waals surface area contributed by atoms with Crippen LogP contribution >= 0.6 is 0 Å². The van der Waals surface area contributed by atoms with Gasteiger partial charge in [-0.1, -0.05) is 42.5 Å². The summed E-state index contributed by atoms with van der Waals surface area (Å²) in [5, 5.41) is 0. The molecule has 1 amide bonds. The highest BCUT2D eigenvalue weighted by molar-refractivity contribution is 5.91. The van der Waals surface area contributed by atoms with Crippen molar-refractivity contribution in [1.82, 2.24) is 19.7 Å². The molecule has 6 nitrogen and oxygen atoms in total. The zero-order chi connectivity index (χ0) is 19.1. The molecule has 0 atom stereocenters. The Hall–Kier alpha value is -2.44. The zero-order valence-electron chi connectivity index (χ0n) is 16.2. The van der Waals surface area contributed by atoms with E-state index in [1.165, 1.54) is 11.8 Å². The molecule has 0 N–H and O–H groups in total. The molecule has 27 heavy (non-hydrogen) atoms. The summed E-state index contributed by atoms with van der Waals surface area (Å²) in [7, 11) is 1.77. The second kappa shape index (κ2) is 9.48. The van der Waals surface area contributed by atoms with Gasteiger partial charge < -0.3 is 9.32 Å². The van der Waals surface area contributed by atoms with Gasteiger partial charge in [0.1, 0.15) is 6.26 Å². The van der Waals surface area contributed by atoms with Crippen LogP contribution in [0.15, 0.2) is 47.1 Å². The summed E-state index contributed by atoms with van der Waals surface area (Å²) in [5.41, 5.74) is 1.62. The number of hydrogen-bond acceptors (Lipinski definition) is 5. The van der Waals surface area contributed by atoms with Gasteiger partial charge in [-0.2, -0.15) is 0 Å². The topological polar surface area (TPSA) is 52.8 Å². The Balaban J connectivity index is 1.42. The first-order chi connectivity index (χ1) is 13.2. The van der Waals surface area contributed by atoms with Crippen LogP contribution in [0.3, 0.4) is 0 Å². The van der Waals surface area contributed by atoms with E-state index in [-0.39, 0.29) is 5.91 Å². The van der Waals surface area contributed by atoms with E-state index in [1.807, 2.05) is 13.0 Å². The molecule has 0 unspecified atom stereocenters. The van der Waals surface area contributed by atoms with Gasteiger partial charge in [-0.25, -0.2) is 4.98 Å². The maximum absolute atomic E-state index is 12.1. The van der Waals surface area contributed by atoms with Crippen LogP contribution < -0.4 is 0 Å². The summed E-state index contributed by atoms with van der Waals surface area (Å²) in [6, 6.07) is 10.4. The minimum Gasteiger partial charge on any atom is -0.447 e. The molecule has 1 aliphatic rings. The van der Waals surface area contributed by atoms with Crippen LogP contribution in [0.4, 0.5) is 0 Å². The molecular formula is C21H28N4O2. The second-order valence-corrected chi connectivity index (χ2v) is 6.84. The van der Waals surface area contributed by atoms with Crippen molar-refractivity contribution in [3.63, 3.8) is 0 Å². The third-order valence-electron chi connectivity index (χ3n) is 4.89. The van der Waals surface area contributed by atoms with Crippen LogP contribution in [0.5, 0.6) is 0 Å². The van der Waals surface area contributed by atoms with Crippen LogP contribution in [0.25, 0.3) is 6.08 Å². The van der Waals surface area contributed by atoms with Gasteiger partial charge in [0.2, 0.25) is 5.89 Å². The standard InChI is InChI=1S/C21H28N4O2/c1-3-23(2)21(26)19-17-27-20(22-19)16-25-14-12-24(13-15-25)11-7-10-18-8-5-4-6-9-18/h4-10,17H,3,11-16H2,1-2H3/b10-7+. The smallest absolute Gasteiger partial charge is 0.275 e. The van der Waals surface area contributed by atoms with Crippen molar-refractivity contribution in [1.29, 1.82) is 0 Å². The number of rotatable bonds is 7. The number of amides is 1. The average molecular weight is 368 g/mol. The summed E-state index contributed by atoms with van der Waals surface area (Å²) in [4.78, 5) is 22.8. The number of hydrogen-bond donors (Lipinski definition) is 0. The Morgan fingerprint density at radius 2 is 1.89 bits per heavy atom. The van der Waals surface area contributed by atoms with E-state index in [0.29, 0.717) is 24.7 Å². The third kappa shape index (κ3) is 5.52. The van der Waals surface area contributed by atoms with Crippen molar-refractivity contribution in [3.8, 4) is 0 Å². The minimum absolute atomic E-state index is 0.0949.